The highest BCUT2D eigenvalue weighted by Crippen LogP contribution is 2.43. The Labute approximate surface area is 150 Å². The summed E-state index contributed by atoms with van der Waals surface area (Å²) in [5.74, 6) is -3.22. The Morgan fingerprint density at radius 3 is 2.80 bits per heavy atom. The molecule has 1 aromatic carbocycles. The van der Waals surface area contributed by atoms with E-state index in [1.807, 2.05) is 6.07 Å². The molecule has 25 heavy (non-hydrogen) atoms. The summed E-state index contributed by atoms with van der Waals surface area (Å²) in [6.07, 6.45) is 3.85. The predicted octanol–water partition coefficient (Wildman–Crippen LogP) is 3.62. The summed E-state index contributed by atoms with van der Waals surface area (Å²) >= 11 is 3.40. The van der Waals surface area contributed by atoms with Crippen LogP contribution in [-0.4, -0.2) is 41.1 Å². The maximum atomic E-state index is 14.6. The van der Waals surface area contributed by atoms with Crippen molar-refractivity contribution in [3.8, 4) is 0 Å². The van der Waals surface area contributed by atoms with Gasteiger partial charge in [-0.25, -0.2) is 13.2 Å². The van der Waals surface area contributed by atoms with Crippen LogP contribution in [0.4, 0.5) is 13.2 Å². The molecule has 0 saturated heterocycles. The smallest absolute Gasteiger partial charge is 0.284 e. The molecule has 4 nitrogen and oxygen atoms in total. The first-order valence-corrected chi connectivity index (χ1v) is 8.32. The number of hydrogen-bond donors (Lipinski definition) is 0. The minimum atomic E-state index is -2.94. The van der Waals surface area contributed by atoms with Crippen LogP contribution < -0.4 is 0 Å². The number of alkyl halides is 2. The minimum absolute atomic E-state index is 0.225. The molecule has 0 radical (unpaired) electrons. The Morgan fingerprint density at radius 2 is 2.04 bits per heavy atom. The highest BCUT2D eigenvalue weighted by molar-refractivity contribution is 9.10. The van der Waals surface area contributed by atoms with Crippen molar-refractivity contribution in [3.05, 3.63) is 64.1 Å². The van der Waals surface area contributed by atoms with Gasteiger partial charge in [-0.05, 0) is 23.8 Å². The van der Waals surface area contributed by atoms with Crippen LogP contribution >= 0.6 is 15.9 Å². The largest absolute Gasteiger partial charge is 0.312 e. The van der Waals surface area contributed by atoms with Crippen LogP contribution in [0, 0.1) is 5.82 Å². The number of fused-ring (bicyclic) bond motifs is 1. The Morgan fingerprint density at radius 1 is 1.20 bits per heavy atom. The standard InChI is InChI=1S/C17H12BrF3N4/c18-12-3-1-2-11(6-12)17(13-4-5-22-7-14(13)19)15-23-8-16(20,21)9-25(15)10-24-17/h1-7,10H,8-9H2. The highest BCUT2D eigenvalue weighted by Gasteiger charge is 2.51. The normalized spacial score (nSPS) is 24.2. The molecule has 1 aromatic heterocycles. The van der Waals surface area contributed by atoms with Crippen LogP contribution in [0.15, 0.2) is 57.2 Å². The van der Waals surface area contributed by atoms with Gasteiger partial charge in [0.25, 0.3) is 5.92 Å². The van der Waals surface area contributed by atoms with Gasteiger partial charge in [-0.2, -0.15) is 0 Å². The molecule has 0 bridgehead atoms. The summed E-state index contributed by atoms with van der Waals surface area (Å²) in [4.78, 5) is 13.6. The molecule has 2 aromatic rings. The molecule has 0 saturated carbocycles. The number of pyridine rings is 1. The Kier molecular flexibility index (Phi) is 3.68. The average molecular weight is 409 g/mol. The van der Waals surface area contributed by atoms with Gasteiger partial charge in [0.2, 0.25) is 0 Å². The van der Waals surface area contributed by atoms with Gasteiger partial charge in [-0.3, -0.25) is 15.0 Å². The van der Waals surface area contributed by atoms with Crippen molar-refractivity contribution >= 4 is 28.1 Å². The number of hydrogen-bond acceptors (Lipinski definition) is 4. The first-order chi connectivity index (χ1) is 11.9. The Bertz CT molecular complexity index is 899. The van der Waals surface area contributed by atoms with Crippen LogP contribution in [0.5, 0.6) is 0 Å². The molecule has 0 amide bonds. The van der Waals surface area contributed by atoms with Gasteiger partial charge < -0.3 is 4.90 Å². The number of nitrogens with zero attached hydrogens (tertiary/aromatic N) is 4. The lowest BCUT2D eigenvalue weighted by atomic mass is 9.82. The Hall–Kier alpha value is -2.22. The zero-order valence-electron chi connectivity index (χ0n) is 12.8. The Balaban J connectivity index is 1.98. The molecule has 2 aliphatic heterocycles. The molecule has 1 atom stereocenters. The summed E-state index contributed by atoms with van der Waals surface area (Å²) < 4.78 is 42.9. The molecule has 0 N–H and O–H groups in total. The molecule has 0 aliphatic carbocycles. The van der Waals surface area contributed by atoms with Crippen LogP contribution in [0.25, 0.3) is 0 Å². The molecule has 8 heteroatoms. The molecular weight excluding hydrogens is 397 g/mol. The fourth-order valence-corrected chi connectivity index (χ4v) is 3.62. The maximum Gasteiger partial charge on any atom is 0.284 e. The van der Waals surface area contributed by atoms with E-state index in [9.17, 15) is 13.2 Å². The van der Waals surface area contributed by atoms with Crippen LogP contribution in [0.1, 0.15) is 11.1 Å². The van der Waals surface area contributed by atoms with E-state index in [1.54, 1.807) is 18.2 Å². The van der Waals surface area contributed by atoms with Gasteiger partial charge in [0.1, 0.15) is 18.2 Å². The van der Waals surface area contributed by atoms with Crippen LogP contribution in [-0.2, 0) is 5.54 Å². The van der Waals surface area contributed by atoms with Gasteiger partial charge in [-0.1, -0.05) is 28.1 Å². The molecule has 2 aliphatic rings. The molecule has 0 spiro atoms. The number of aromatic nitrogens is 1. The van der Waals surface area contributed by atoms with Crippen molar-refractivity contribution in [1.29, 1.82) is 0 Å². The molecular formula is C17H12BrF3N4. The fourth-order valence-electron chi connectivity index (χ4n) is 3.22. The van der Waals surface area contributed by atoms with Gasteiger partial charge in [0, 0.05) is 16.2 Å². The van der Waals surface area contributed by atoms with Crippen molar-refractivity contribution < 1.29 is 13.2 Å². The van der Waals surface area contributed by atoms with Gasteiger partial charge in [-0.15, -0.1) is 0 Å². The van der Waals surface area contributed by atoms with Gasteiger partial charge in [0.15, 0.2) is 5.54 Å². The van der Waals surface area contributed by atoms with Crippen molar-refractivity contribution in [2.45, 2.75) is 11.5 Å². The van der Waals surface area contributed by atoms with Crippen molar-refractivity contribution in [3.63, 3.8) is 0 Å². The number of halogens is 4. The van der Waals surface area contributed by atoms with E-state index in [0.717, 1.165) is 10.7 Å². The van der Waals surface area contributed by atoms with Crippen LogP contribution in [0.2, 0.25) is 0 Å². The number of aliphatic imine (C=N–C) groups is 2. The van der Waals surface area contributed by atoms with Crippen molar-refractivity contribution in [1.82, 2.24) is 9.88 Å². The van der Waals surface area contributed by atoms with E-state index in [0.29, 0.717) is 11.4 Å². The second-order valence-electron chi connectivity index (χ2n) is 5.94. The van der Waals surface area contributed by atoms with Crippen molar-refractivity contribution in [2.24, 2.45) is 9.98 Å². The number of amidine groups is 1. The summed E-state index contributed by atoms with van der Waals surface area (Å²) in [7, 11) is 0. The molecule has 4 rings (SSSR count). The van der Waals surface area contributed by atoms with Crippen LogP contribution in [0.3, 0.4) is 0 Å². The van der Waals surface area contributed by atoms with E-state index in [2.05, 4.69) is 30.9 Å². The fraction of sp³-hybridized carbons (Fsp3) is 0.235. The zero-order valence-corrected chi connectivity index (χ0v) is 14.4. The monoisotopic (exact) mass is 408 g/mol. The molecule has 0 fully saturated rings. The second-order valence-corrected chi connectivity index (χ2v) is 6.86. The third-order valence-corrected chi connectivity index (χ3v) is 4.75. The average Bonchev–Trinajstić information content (AvgIpc) is 2.93. The van der Waals surface area contributed by atoms with E-state index < -0.39 is 30.4 Å². The summed E-state index contributed by atoms with van der Waals surface area (Å²) in [6.45, 7) is -1.18. The zero-order chi connectivity index (χ0) is 17.7. The first kappa shape index (κ1) is 16.3. The predicted molar refractivity (Wildman–Crippen MR) is 91.6 cm³/mol. The maximum absolute atomic E-state index is 14.6. The lowest BCUT2D eigenvalue weighted by molar-refractivity contribution is -0.00352. The number of rotatable bonds is 2. The van der Waals surface area contributed by atoms with E-state index in [-0.39, 0.29) is 5.56 Å². The second kappa shape index (κ2) is 5.66. The third kappa shape index (κ3) is 2.55. The molecule has 128 valence electrons. The SMILES string of the molecule is Fc1cnccc1C1(c2cccc(Br)c2)N=CN2CC(F)(F)CN=C21. The molecule has 1 unspecified atom stereocenters. The highest BCUT2D eigenvalue weighted by atomic mass is 79.9. The van der Waals surface area contributed by atoms with Gasteiger partial charge in [0.05, 0.1) is 19.1 Å². The lowest BCUT2D eigenvalue weighted by Gasteiger charge is -2.35. The number of benzene rings is 1. The lowest BCUT2D eigenvalue weighted by Crippen LogP contribution is -2.50. The topological polar surface area (TPSA) is 40.9 Å². The summed E-state index contributed by atoms with van der Waals surface area (Å²) in [5.41, 5.74) is -0.453. The summed E-state index contributed by atoms with van der Waals surface area (Å²) in [5, 5.41) is 0. The van der Waals surface area contributed by atoms with Crippen molar-refractivity contribution in [2.75, 3.05) is 13.1 Å². The molecule has 3 heterocycles. The quantitative estimate of drug-likeness (QED) is 0.761. The van der Waals surface area contributed by atoms with E-state index in [4.69, 9.17) is 0 Å². The first-order valence-electron chi connectivity index (χ1n) is 7.53. The minimum Gasteiger partial charge on any atom is -0.312 e. The third-order valence-electron chi connectivity index (χ3n) is 4.25. The van der Waals surface area contributed by atoms with E-state index in [1.165, 1.54) is 23.5 Å². The van der Waals surface area contributed by atoms with E-state index >= 15 is 0 Å². The summed E-state index contributed by atoms with van der Waals surface area (Å²) in [6, 6.07) is 8.69. The van der Waals surface area contributed by atoms with Gasteiger partial charge >= 0.3 is 0 Å².